The molecule has 32 heavy (non-hydrogen) atoms. The molecule has 2 aromatic carbocycles. The summed E-state index contributed by atoms with van der Waals surface area (Å²) in [5.41, 5.74) is 2.87. The molecule has 0 radical (unpaired) electrons. The lowest BCUT2D eigenvalue weighted by atomic mass is 10.0. The van der Waals surface area contributed by atoms with Crippen LogP contribution in [-0.2, 0) is 22.4 Å². The van der Waals surface area contributed by atoms with Crippen LogP contribution >= 0.6 is 0 Å². The topological polar surface area (TPSA) is 97.3 Å². The second-order valence-electron chi connectivity index (χ2n) is 8.41. The molecule has 2 atom stereocenters. The summed E-state index contributed by atoms with van der Waals surface area (Å²) in [6.07, 6.45) is 1.55. The number of likely N-dealkylation sites (tertiary alicyclic amines) is 1. The Morgan fingerprint density at radius 2 is 2.03 bits per heavy atom. The van der Waals surface area contributed by atoms with E-state index in [9.17, 15) is 14.7 Å². The summed E-state index contributed by atoms with van der Waals surface area (Å²) in [6, 6.07) is 11.3. The molecule has 0 unspecified atom stereocenters. The number of hydrogen-bond donors (Lipinski definition) is 2. The van der Waals surface area contributed by atoms with Crippen molar-refractivity contribution < 1.29 is 28.9 Å². The lowest BCUT2D eigenvalue weighted by molar-refractivity contribution is -0.137. The van der Waals surface area contributed by atoms with Crippen molar-refractivity contribution in [2.75, 3.05) is 25.2 Å². The molecular formula is C24H26N2O6. The first-order chi connectivity index (χ1) is 15.5. The molecule has 5 rings (SSSR count). The van der Waals surface area contributed by atoms with E-state index in [1.54, 1.807) is 11.0 Å². The maximum Gasteiger partial charge on any atom is 0.231 e. The minimum atomic E-state index is -0.756. The fraction of sp³-hybridized carbons (Fsp3) is 0.417. The Kier molecular flexibility index (Phi) is 5.61. The molecule has 0 saturated carbocycles. The molecule has 2 amide bonds. The first kappa shape index (κ1) is 20.6. The molecule has 3 aliphatic heterocycles. The smallest absolute Gasteiger partial charge is 0.231 e. The quantitative estimate of drug-likeness (QED) is 0.744. The summed E-state index contributed by atoms with van der Waals surface area (Å²) in [6.45, 7) is 1.03. The van der Waals surface area contributed by atoms with E-state index in [2.05, 4.69) is 5.32 Å². The Morgan fingerprint density at radius 1 is 1.16 bits per heavy atom. The largest absolute Gasteiger partial charge is 0.488 e. The lowest BCUT2D eigenvalue weighted by Gasteiger charge is -2.36. The van der Waals surface area contributed by atoms with E-state index in [-0.39, 0.29) is 31.3 Å². The normalized spacial score (nSPS) is 21.7. The minimum Gasteiger partial charge on any atom is -0.488 e. The first-order valence-electron chi connectivity index (χ1n) is 11.0. The molecule has 1 fully saturated rings. The number of β-amino-alcohol motifs (C(OH)–C–C–N with tert-alkyl or cyclic N) is 1. The number of ether oxygens (including phenoxy) is 3. The third-order valence-electron chi connectivity index (χ3n) is 6.20. The van der Waals surface area contributed by atoms with Gasteiger partial charge >= 0.3 is 0 Å². The Hall–Kier alpha value is -3.26. The van der Waals surface area contributed by atoms with Crippen LogP contribution in [0.15, 0.2) is 36.4 Å². The van der Waals surface area contributed by atoms with Crippen LogP contribution in [0.2, 0.25) is 0 Å². The van der Waals surface area contributed by atoms with Gasteiger partial charge in [0.15, 0.2) is 11.5 Å². The highest BCUT2D eigenvalue weighted by Gasteiger charge is 2.31. The average Bonchev–Trinajstić information content (AvgIpc) is 3.27. The molecule has 0 spiro atoms. The fourth-order valence-electron chi connectivity index (χ4n) is 4.39. The second kappa shape index (κ2) is 8.70. The van der Waals surface area contributed by atoms with Crippen LogP contribution < -0.4 is 19.5 Å². The minimum absolute atomic E-state index is 0.0182. The highest BCUT2D eigenvalue weighted by molar-refractivity contribution is 5.94. The highest BCUT2D eigenvalue weighted by Crippen LogP contribution is 2.33. The predicted molar refractivity (Wildman–Crippen MR) is 116 cm³/mol. The maximum absolute atomic E-state index is 12.7. The predicted octanol–water partition coefficient (Wildman–Crippen LogP) is 2.27. The van der Waals surface area contributed by atoms with Crippen LogP contribution in [0.3, 0.4) is 0 Å². The second-order valence-corrected chi connectivity index (χ2v) is 8.41. The van der Waals surface area contributed by atoms with Crippen molar-refractivity contribution in [3.8, 4) is 17.2 Å². The van der Waals surface area contributed by atoms with Crippen LogP contribution in [0.4, 0.5) is 5.69 Å². The Labute approximate surface area is 186 Å². The van der Waals surface area contributed by atoms with Crippen LogP contribution in [0.1, 0.15) is 30.4 Å². The summed E-state index contributed by atoms with van der Waals surface area (Å²) in [5.74, 6) is 2.16. The van der Waals surface area contributed by atoms with Crippen molar-refractivity contribution in [1.82, 2.24) is 4.90 Å². The number of rotatable bonds is 5. The van der Waals surface area contributed by atoms with Gasteiger partial charge in [-0.3, -0.25) is 9.59 Å². The molecule has 8 nitrogen and oxygen atoms in total. The summed E-state index contributed by atoms with van der Waals surface area (Å²) in [7, 11) is 0. The van der Waals surface area contributed by atoms with Gasteiger partial charge in [-0.1, -0.05) is 6.07 Å². The van der Waals surface area contributed by atoms with Crippen LogP contribution in [-0.4, -0.2) is 53.9 Å². The number of fused-ring (bicyclic) bond motifs is 2. The molecular weight excluding hydrogens is 412 g/mol. The first-order valence-corrected chi connectivity index (χ1v) is 11.0. The Balaban J connectivity index is 1.13. The zero-order valence-corrected chi connectivity index (χ0v) is 17.7. The standard InChI is InChI=1S/C24H26N2O6/c27-19-13-26(24(29)8-2-15-1-6-21-22(11-15)31-14-30-21)10-9-20(19)32-17-4-5-18-16(12-17)3-7-23(28)25-18/h1,4-6,11-12,19-20,27H,2-3,7-10,13-14H2,(H,25,28)/t19-,20-/m1/s1. The summed E-state index contributed by atoms with van der Waals surface area (Å²) >= 11 is 0. The van der Waals surface area contributed by atoms with Crippen molar-refractivity contribution in [2.45, 2.75) is 44.3 Å². The van der Waals surface area contributed by atoms with Gasteiger partial charge in [-0.15, -0.1) is 0 Å². The van der Waals surface area contributed by atoms with E-state index in [1.807, 2.05) is 30.3 Å². The number of benzene rings is 2. The van der Waals surface area contributed by atoms with Crippen molar-refractivity contribution in [2.24, 2.45) is 0 Å². The molecule has 0 aromatic heterocycles. The van der Waals surface area contributed by atoms with E-state index in [4.69, 9.17) is 14.2 Å². The zero-order chi connectivity index (χ0) is 22.1. The van der Waals surface area contributed by atoms with E-state index in [0.29, 0.717) is 50.1 Å². The molecule has 3 heterocycles. The number of nitrogens with one attached hydrogen (secondary N) is 1. The number of carbonyl (C=O) groups excluding carboxylic acids is 2. The third-order valence-corrected chi connectivity index (χ3v) is 6.20. The average molecular weight is 438 g/mol. The fourth-order valence-corrected chi connectivity index (χ4v) is 4.39. The van der Waals surface area contributed by atoms with Gasteiger partial charge in [0.25, 0.3) is 0 Å². The van der Waals surface area contributed by atoms with Crippen LogP contribution in [0.5, 0.6) is 17.2 Å². The number of aryl methyl sites for hydroxylation is 2. The van der Waals surface area contributed by atoms with Gasteiger partial charge in [0.2, 0.25) is 18.6 Å². The van der Waals surface area contributed by atoms with Gasteiger partial charge in [0.05, 0.1) is 6.54 Å². The van der Waals surface area contributed by atoms with Crippen LogP contribution in [0, 0.1) is 0 Å². The number of anilines is 1. The molecule has 2 N–H and O–H groups in total. The third kappa shape index (κ3) is 4.36. The number of amides is 2. The maximum atomic E-state index is 12.7. The van der Waals surface area contributed by atoms with Crippen LogP contribution in [0.25, 0.3) is 0 Å². The Morgan fingerprint density at radius 3 is 2.91 bits per heavy atom. The number of carbonyl (C=O) groups is 2. The SMILES string of the molecule is O=C1CCc2cc(O[C@@H]3CCN(C(=O)CCc4ccc5c(c4)OCO5)C[C@H]3O)ccc2N1. The summed E-state index contributed by atoms with van der Waals surface area (Å²) in [5, 5.41) is 13.5. The number of hydrogen-bond acceptors (Lipinski definition) is 6. The van der Waals surface area contributed by atoms with E-state index in [0.717, 1.165) is 22.6 Å². The number of nitrogens with zero attached hydrogens (tertiary/aromatic N) is 1. The molecule has 2 aromatic rings. The van der Waals surface area contributed by atoms with Gasteiger partial charge < -0.3 is 29.5 Å². The molecule has 168 valence electrons. The number of aliphatic hydroxyl groups is 1. The molecule has 0 aliphatic carbocycles. The van der Waals surface area contributed by atoms with Crippen molar-refractivity contribution in [1.29, 1.82) is 0 Å². The van der Waals surface area contributed by atoms with Gasteiger partial charge in [-0.2, -0.15) is 0 Å². The van der Waals surface area contributed by atoms with Crippen molar-refractivity contribution in [3.05, 3.63) is 47.5 Å². The summed E-state index contributed by atoms with van der Waals surface area (Å²) in [4.78, 5) is 25.9. The number of piperidine rings is 1. The van der Waals surface area contributed by atoms with E-state index >= 15 is 0 Å². The van der Waals surface area contributed by atoms with E-state index < -0.39 is 6.10 Å². The van der Waals surface area contributed by atoms with Gasteiger partial charge in [0.1, 0.15) is 18.0 Å². The molecule has 3 aliphatic rings. The van der Waals surface area contributed by atoms with Gasteiger partial charge in [0, 0.05) is 31.5 Å². The van der Waals surface area contributed by atoms with Crippen molar-refractivity contribution in [3.63, 3.8) is 0 Å². The Bertz CT molecular complexity index is 1040. The van der Waals surface area contributed by atoms with Gasteiger partial charge in [-0.25, -0.2) is 0 Å². The zero-order valence-electron chi connectivity index (χ0n) is 17.7. The van der Waals surface area contributed by atoms with Gasteiger partial charge in [-0.05, 0) is 54.3 Å². The lowest BCUT2D eigenvalue weighted by Crippen LogP contribution is -2.51. The molecule has 1 saturated heterocycles. The monoisotopic (exact) mass is 438 g/mol. The molecule has 8 heteroatoms. The number of aliphatic hydroxyl groups excluding tert-OH is 1. The highest BCUT2D eigenvalue weighted by atomic mass is 16.7. The van der Waals surface area contributed by atoms with E-state index in [1.165, 1.54) is 0 Å². The van der Waals surface area contributed by atoms with Crippen molar-refractivity contribution >= 4 is 17.5 Å². The molecule has 0 bridgehead atoms. The summed E-state index contributed by atoms with van der Waals surface area (Å²) < 4.78 is 16.7.